The maximum atomic E-state index is 13.0. The number of aryl methyl sites for hydroxylation is 1. The summed E-state index contributed by atoms with van der Waals surface area (Å²) in [5.74, 6) is 0.991. The van der Waals surface area contributed by atoms with Crippen LogP contribution in [0.25, 0.3) is 11.6 Å². The van der Waals surface area contributed by atoms with Crippen LogP contribution in [0.5, 0.6) is 11.6 Å². The summed E-state index contributed by atoms with van der Waals surface area (Å²) in [6.07, 6.45) is 6.46. The molecule has 0 fully saturated rings. The first-order valence-corrected chi connectivity index (χ1v) is 11.7. The quantitative estimate of drug-likeness (QED) is 0.328. The van der Waals surface area contributed by atoms with Crippen molar-refractivity contribution in [1.82, 2.24) is 10.2 Å². The summed E-state index contributed by atoms with van der Waals surface area (Å²) in [5, 5.41) is 8.52. The molecule has 7 heteroatoms. The number of hydrogen-bond donors (Lipinski definition) is 0. The number of allylic oxidation sites excluding steroid dienone is 4. The van der Waals surface area contributed by atoms with Gasteiger partial charge in [-0.25, -0.2) is 0 Å². The van der Waals surface area contributed by atoms with Gasteiger partial charge in [-0.2, -0.15) is 13.2 Å². The molecule has 36 heavy (non-hydrogen) atoms. The van der Waals surface area contributed by atoms with Gasteiger partial charge in [0, 0.05) is 12.0 Å². The van der Waals surface area contributed by atoms with Crippen molar-refractivity contribution < 1.29 is 22.6 Å². The molecular formula is C29H27F3N2O2. The van der Waals surface area contributed by atoms with Gasteiger partial charge in [0.2, 0.25) is 0 Å². The van der Waals surface area contributed by atoms with Gasteiger partial charge in [0.05, 0.1) is 17.9 Å². The lowest BCUT2D eigenvalue weighted by Crippen LogP contribution is -2.12. The van der Waals surface area contributed by atoms with Crippen molar-refractivity contribution in [2.24, 2.45) is 5.92 Å². The Morgan fingerprint density at radius 2 is 1.83 bits per heavy atom. The summed E-state index contributed by atoms with van der Waals surface area (Å²) >= 11 is 0. The Morgan fingerprint density at radius 3 is 2.53 bits per heavy atom. The van der Waals surface area contributed by atoms with Crippen molar-refractivity contribution in [1.29, 1.82) is 0 Å². The minimum absolute atomic E-state index is 0.239. The van der Waals surface area contributed by atoms with E-state index in [-0.39, 0.29) is 5.92 Å². The molecule has 1 aliphatic carbocycles. The molecule has 0 spiro atoms. The predicted molar refractivity (Wildman–Crippen MR) is 134 cm³/mol. The molecule has 186 valence electrons. The SMILES string of the molecule is C/C(=C\c1cc(OCc2ccccc2)c(OCC2C=CC=CC2)nn1)c1ccc(C(F)(F)F)cc1C. The maximum Gasteiger partial charge on any atom is 0.416 e. The van der Waals surface area contributed by atoms with E-state index in [1.54, 1.807) is 19.1 Å². The molecule has 1 aliphatic rings. The largest absolute Gasteiger partial charge is 0.483 e. The molecular weight excluding hydrogens is 465 g/mol. The van der Waals surface area contributed by atoms with Crippen LogP contribution in [-0.4, -0.2) is 16.8 Å². The molecule has 1 heterocycles. The van der Waals surface area contributed by atoms with E-state index < -0.39 is 11.7 Å². The Morgan fingerprint density at radius 1 is 1.03 bits per heavy atom. The molecule has 0 N–H and O–H groups in total. The first-order valence-electron chi connectivity index (χ1n) is 11.7. The van der Waals surface area contributed by atoms with Crippen molar-refractivity contribution in [2.45, 2.75) is 33.1 Å². The Bertz CT molecular complexity index is 1280. The minimum Gasteiger partial charge on any atom is -0.483 e. The fourth-order valence-corrected chi connectivity index (χ4v) is 3.91. The van der Waals surface area contributed by atoms with Crippen LogP contribution in [-0.2, 0) is 12.8 Å². The van der Waals surface area contributed by atoms with Crippen LogP contribution in [0.3, 0.4) is 0 Å². The standard InChI is InChI=1S/C29H27F3N2O2/c1-20-15-24(29(30,31)32)13-14-26(20)21(2)16-25-17-27(35-18-22-9-5-3-6-10-22)28(34-33-25)36-19-23-11-7-4-8-12-23/h3-11,13-17,23H,12,18-19H2,1-2H3/b21-16+. The van der Waals surface area contributed by atoms with E-state index in [0.717, 1.165) is 29.7 Å². The van der Waals surface area contributed by atoms with E-state index in [9.17, 15) is 13.2 Å². The number of ether oxygens (including phenoxy) is 2. The van der Waals surface area contributed by atoms with Gasteiger partial charge in [0.15, 0.2) is 5.75 Å². The Labute approximate surface area is 208 Å². The molecule has 1 unspecified atom stereocenters. The number of aromatic nitrogens is 2. The van der Waals surface area contributed by atoms with Gasteiger partial charge in [0.25, 0.3) is 5.88 Å². The summed E-state index contributed by atoms with van der Waals surface area (Å²) < 4.78 is 51.1. The normalized spacial score (nSPS) is 15.7. The number of hydrogen-bond acceptors (Lipinski definition) is 4. The Balaban J connectivity index is 1.57. The molecule has 3 aromatic rings. The van der Waals surface area contributed by atoms with Crippen LogP contribution in [0, 0.1) is 12.8 Å². The number of alkyl halides is 3. The predicted octanol–water partition coefficient (Wildman–Crippen LogP) is 7.45. The van der Waals surface area contributed by atoms with E-state index in [1.807, 2.05) is 49.4 Å². The number of benzene rings is 2. The third-order valence-corrected chi connectivity index (χ3v) is 5.83. The van der Waals surface area contributed by atoms with Gasteiger partial charge < -0.3 is 9.47 Å². The second kappa shape index (κ2) is 11.2. The van der Waals surface area contributed by atoms with Gasteiger partial charge in [-0.15, -0.1) is 10.2 Å². The van der Waals surface area contributed by atoms with Gasteiger partial charge in [-0.05, 0) is 60.7 Å². The number of rotatable bonds is 8. The zero-order chi connectivity index (χ0) is 25.5. The summed E-state index contributed by atoms with van der Waals surface area (Å²) in [4.78, 5) is 0. The molecule has 1 atom stereocenters. The molecule has 0 aliphatic heterocycles. The molecule has 4 nitrogen and oxygen atoms in total. The van der Waals surface area contributed by atoms with Crippen molar-refractivity contribution in [3.63, 3.8) is 0 Å². The molecule has 0 radical (unpaired) electrons. The molecule has 0 saturated carbocycles. The van der Waals surface area contributed by atoms with Crippen molar-refractivity contribution in [3.05, 3.63) is 107 Å². The van der Waals surface area contributed by atoms with E-state index in [1.165, 1.54) is 6.07 Å². The van der Waals surface area contributed by atoms with E-state index in [4.69, 9.17) is 9.47 Å². The fraction of sp³-hybridized carbons (Fsp3) is 0.241. The highest BCUT2D eigenvalue weighted by Crippen LogP contribution is 2.33. The summed E-state index contributed by atoms with van der Waals surface area (Å²) in [5.41, 5.74) is 2.84. The molecule has 2 aromatic carbocycles. The van der Waals surface area contributed by atoms with Gasteiger partial charge in [0.1, 0.15) is 6.61 Å². The molecule has 1 aromatic heterocycles. The highest BCUT2D eigenvalue weighted by atomic mass is 19.4. The van der Waals surface area contributed by atoms with Gasteiger partial charge in [-0.1, -0.05) is 60.7 Å². The van der Waals surface area contributed by atoms with Crippen molar-refractivity contribution >= 4 is 11.6 Å². The highest BCUT2D eigenvalue weighted by Gasteiger charge is 2.30. The van der Waals surface area contributed by atoms with Crippen LogP contribution in [0.4, 0.5) is 13.2 Å². The third-order valence-electron chi connectivity index (χ3n) is 5.83. The lowest BCUT2D eigenvalue weighted by molar-refractivity contribution is -0.137. The lowest BCUT2D eigenvalue weighted by Gasteiger charge is -2.16. The van der Waals surface area contributed by atoms with Gasteiger partial charge >= 0.3 is 6.18 Å². The van der Waals surface area contributed by atoms with Crippen LogP contribution in [0.1, 0.15) is 41.3 Å². The van der Waals surface area contributed by atoms with E-state index in [0.29, 0.717) is 41.7 Å². The summed E-state index contributed by atoms with van der Waals surface area (Å²) in [6.45, 7) is 4.26. The van der Waals surface area contributed by atoms with E-state index in [2.05, 4.69) is 22.3 Å². The first-order chi connectivity index (χ1) is 17.3. The maximum absolute atomic E-state index is 13.0. The zero-order valence-corrected chi connectivity index (χ0v) is 20.1. The second-order valence-electron chi connectivity index (χ2n) is 8.69. The van der Waals surface area contributed by atoms with Crippen molar-refractivity contribution in [3.8, 4) is 11.6 Å². The Kier molecular flexibility index (Phi) is 7.88. The topological polar surface area (TPSA) is 44.2 Å². The fourth-order valence-electron chi connectivity index (χ4n) is 3.91. The van der Waals surface area contributed by atoms with Crippen LogP contribution < -0.4 is 9.47 Å². The molecule has 0 bridgehead atoms. The first kappa shape index (κ1) is 25.2. The Hall–Kier alpha value is -3.87. The smallest absolute Gasteiger partial charge is 0.416 e. The highest BCUT2D eigenvalue weighted by molar-refractivity contribution is 5.80. The van der Waals surface area contributed by atoms with Crippen molar-refractivity contribution in [2.75, 3.05) is 6.61 Å². The van der Waals surface area contributed by atoms with E-state index >= 15 is 0 Å². The van der Waals surface area contributed by atoms with Gasteiger partial charge in [-0.3, -0.25) is 0 Å². The third kappa shape index (κ3) is 6.62. The molecule has 0 amide bonds. The number of nitrogens with zero attached hydrogens (tertiary/aromatic N) is 2. The average Bonchev–Trinajstić information content (AvgIpc) is 2.87. The molecule has 0 saturated heterocycles. The van der Waals surface area contributed by atoms with Crippen LogP contribution >= 0.6 is 0 Å². The lowest BCUT2D eigenvalue weighted by atomic mass is 9.98. The molecule has 4 rings (SSSR count). The summed E-state index contributed by atoms with van der Waals surface area (Å²) in [7, 11) is 0. The number of halogens is 3. The zero-order valence-electron chi connectivity index (χ0n) is 20.1. The second-order valence-corrected chi connectivity index (χ2v) is 8.69. The van der Waals surface area contributed by atoms with Crippen LogP contribution in [0.2, 0.25) is 0 Å². The average molecular weight is 493 g/mol. The minimum atomic E-state index is -4.38. The monoisotopic (exact) mass is 492 g/mol. The van der Waals surface area contributed by atoms with Crippen LogP contribution in [0.15, 0.2) is 78.9 Å². The summed E-state index contributed by atoms with van der Waals surface area (Å²) in [6, 6.07) is 15.2.